The van der Waals surface area contributed by atoms with Crippen LogP contribution < -0.4 is 9.47 Å². The molecular weight excluding hydrogens is 258 g/mol. The number of aliphatic carboxylic acids is 1. The smallest absolute Gasteiger partial charge is 0.316 e. The second kappa shape index (κ2) is 6.56. The first-order valence-corrected chi connectivity index (χ1v) is 6.12. The molecule has 0 fully saturated rings. The van der Waals surface area contributed by atoms with Crippen molar-refractivity contribution in [3.63, 3.8) is 0 Å². The molecule has 0 aliphatic rings. The van der Waals surface area contributed by atoms with Gasteiger partial charge in [-0.15, -0.1) is 0 Å². The third-order valence-electron chi connectivity index (χ3n) is 2.82. The predicted octanol–water partition coefficient (Wildman–Crippen LogP) is 2.34. The minimum Gasteiger partial charge on any atom is -0.493 e. The number of hydrogen-bond donors (Lipinski definition) is 1. The summed E-state index contributed by atoms with van der Waals surface area (Å²) in [6, 6.07) is 12.3. The number of methoxy groups -OCH3 is 1. The Morgan fingerprint density at radius 3 is 2.50 bits per heavy atom. The normalized spacial score (nSPS) is 11.7. The second-order valence-electron chi connectivity index (χ2n) is 4.11. The van der Waals surface area contributed by atoms with Crippen LogP contribution >= 0.6 is 0 Å². The quantitative estimate of drug-likeness (QED) is 0.874. The molecule has 0 saturated heterocycles. The summed E-state index contributed by atoms with van der Waals surface area (Å²) >= 11 is 0. The molecule has 0 aliphatic heterocycles. The Balaban J connectivity index is 2.12. The minimum atomic E-state index is -0.974. The molecule has 104 valence electrons. The molecule has 0 aliphatic carbocycles. The maximum absolute atomic E-state index is 11.3. The van der Waals surface area contributed by atoms with Crippen molar-refractivity contribution in [3.8, 4) is 11.5 Å². The number of benzene rings is 1. The van der Waals surface area contributed by atoms with Crippen molar-refractivity contribution in [1.82, 2.24) is 4.98 Å². The van der Waals surface area contributed by atoms with Crippen LogP contribution in [0.5, 0.6) is 11.5 Å². The number of hydrogen-bond acceptors (Lipinski definition) is 4. The largest absolute Gasteiger partial charge is 0.493 e. The second-order valence-corrected chi connectivity index (χ2v) is 4.11. The highest BCUT2D eigenvalue weighted by Gasteiger charge is 2.22. The molecule has 1 heterocycles. The molecule has 1 aromatic heterocycles. The first kappa shape index (κ1) is 13.9. The summed E-state index contributed by atoms with van der Waals surface area (Å²) < 4.78 is 10.7. The van der Waals surface area contributed by atoms with Crippen LogP contribution in [0.1, 0.15) is 11.6 Å². The van der Waals surface area contributed by atoms with Gasteiger partial charge in [0.2, 0.25) is 0 Å². The SMILES string of the molecule is COc1ccccc1OCC(C(=O)O)c1ccccn1. The van der Waals surface area contributed by atoms with E-state index in [0.29, 0.717) is 17.2 Å². The summed E-state index contributed by atoms with van der Waals surface area (Å²) in [6.07, 6.45) is 1.56. The van der Waals surface area contributed by atoms with E-state index >= 15 is 0 Å². The van der Waals surface area contributed by atoms with Gasteiger partial charge in [-0.1, -0.05) is 18.2 Å². The van der Waals surface area contributed by atoms with Crippen molar-refractivity contribution in [2.24, 2.45) is 0 Å². The Hall–Kier alpha value is -2.56. The number of pyridine rings is 1. The number of para-hydroxylation sites is 2. The van der Waals surface area contributed by atoms with Crippen LogP contribution in [-0.4, -0.2) is 29.8 Å². The van der Waals surface area contributed by atoms with Crippen LogP contribution in [0.15, 0.2) is 48.7 Å². The zero-order valence-electron chi connectivity index (χ0n) is 11.0. The van der Waals surface area contributed by atoms with Gasteiger partial charge in [-0.25, -0.2) is 0 Å². The van der Waals surface area contributed by atoms with Gasteiger partial charge in [-0.2, -0.15) is 0 Å². The van der Waals surface area contributed by atoms with Crippen LogP contribution in [0.25, 0.3) is 0 Å². The van der Waals surface area contributed by atoms with E-state index < -0.39 is 11.9 Å². The number of carboxylic acid groups (broad SMARTS) is 1. The lowest BCUT2D eigenvalue weighted by Gasteiger charge is -2.15. The number of carboxylic acids is 1. The molecule has 1 aromatic carbocycles. The van der Waals surface area contributed by atoms with E-state index in [4.69, 9.17) is 9.47 Å². The highest BCUT2D eigenvalue weighted by Crippen LogP contribution is 2.27. The van der Waals surface area contributed by atoms with E-state index in [2.05, 4.69) is 4.98 Å². The molecular formula is C15H15NO4. The van der Waals surface area contributed by atoms with E-state index in [-0.39, 0.29) is 6.61 Å². The van der Waals surface area contributed by atoms with E-state index in [1.165, 1.54) is 7.11 Å². The van der Waals surface area contributed by atoms with Gasteiger partial charge in [0.1, 0.15) is 12.5 Å². The molecule has 5 heteroatoms. The molecule has 0 bridgehead atoms. The van der Waals surface area contributed by atoms with Gasteiger partial charge >= 0.3 is 5.97 Å². The van der Waals surface area contributed by atoms with Crippen LogP contribution in [-0.2, 0) is 4.79 Å². The Labute approximate surface area is 116 Å². The Kier molecular flexibility index (Phi) is 4.55. The number of nitrogens with zero attached hydrogens (tertiary/aromatic N) is 1. The highest BCUT2D eigenvalue weighted by atomic mass is 16.5. The molecule has 20 heavy (non-hydrogen) atoms. The standard InChI is InChI=1S/C15H15NO4/c1-19-13-7-2-3-8-14(13)20-10-11(15(17)18)12-6-4-5-9-16-12/h2-9,11H,10H2,1H3,(H,17,18). The van der Waals surface area contributed by atoms with Gasteiger partial charge < -0.3 is 14.6 Å². The molecule has 2 rings (SSSR count). The maximum atomic E-state index is 11.3. The Morgan fingerprint density at radius 1 is 1.20 bits per heavy atom. The monoisotopic (exact) mass is 273 g/mol. The van der Waals surface area contributed by atoms with Crippen LogP contribution in [0, 0.1) is 0 Å². The van der Waals surface area contributed by atoms with E-state index in [1.54, 1.807) is 42.6 Å². The fraction of sp³-hybridized carbons (Fsp3) is 0.200. The zero-order chi connectivity index (χ0) is 14.4. The van der Waals surface area contributed by atoms with Gasteiger partial charge in [-0.05, 0) is 24.3 Å². The average Bonchev–Trinajstić information content (AvgIpc) is 2.48. The van der Waals surface area contributed by atoms with Gasteiger partial charge in [-0.3, -0.25) is 9.78 Å². The molecule has 0 radical (unpaired) electrons. The molecule has 2 aromatic rings. The zero-order valence-corrected chi connectivity index (χ0v) is 11.0. The Bertz CT molecular complexity index is 571. The molecule has 1 atom stereocenters. The fourth-order valence-corrected chi connectivity index (χ4v) is 1.78. The van der Waals surface area contributed by atoms with Gasteiger partial charge in [0.05, 0.1) is 12.8 Å². The highest BCUT2D eigenvalue weighted by molar-refractivity contribution is 5.75. The fourth-order valence-electron chi connectivity index (χ4n) is 1.78. The summed E-state index contributed by atoms with van der Waals surface area (Å²) in [5.41, 5.74) is 0.467. The van der Waals surface area contributed by atoms with E-state index in [9.17, 15) is 9.90 Å². The van der Waals surface area contributed by atoms with Gasteiger partial charge in [0.25, 0.3) is 0 Å². The predicted molar refractivity (Wildman–Crippen MR) is 73.1 cm³/mol. The van der Waals surface area contributed by atoms with E-state index in [0.717, 1.165) is 0 Å². The first-order valence-electron chi connectivity index (χ1n) is 6.12. The van der Waals surface area contributed by atoms with Crippen LogP contribution in [0.3, 0.4) is 0 Å². The van der Waals surface area contributed by atoms with Crippen LogP contribution in [0.2, 0.25) is 0 Å². The van der Waals surface area contributed by atoms with Gasteiger partial charge in [0.15, 0.2) is 11.5 Å². The minimum absolute atomic E-state index is 0.00722. The molecule has 0 amide bonds. The maximum Gasteiger partial charge on any atom is 0.316 e. The topological polar surface area (TPSA) is 68.7 Å². The molecule has 5 nitrogen and oxygen atoms in total. The molecule has 1 unspecified atom stereocenters. The van der Waals surface area contributed by atoms with Gasteiger partial charge in [0, 0.05) is 6.20 Å². The van der Waals surface area contributed by atoms with Crippen molar-refractivity contribution >= 4 is 5.97 Å². The average molecular weight is 273 g/mol. The third-order valence-corrected chi connectivity index (χ3v) is 2.82. The molecule has 0 saturated carbocycles. The molecule has 0 spiro atoms. The summed E-state index contributed by atoms with van der Waals surface area (Å²) in [5.74, 6) is -0.713. The number of rotatable bonds is 6. The van der Waals surface area contributed by atoms with Crippen LogP contribution in [0.4, 0.5) is 0 Å². The number of carbonyl (C=O) groups is 1. The lowest BCUT2D eigenvalue weighted by Crippen LogP contribution is -2.20. The lowest BCUT2D eigenvalue weighted by atomic mass is 10.1. The number of ether oxygens (including phenoxy) is 2. The summed E-state index contributed by atoms with van der Waals surface area (Å²) in [6.45, 7) is -0.00722. The van der Waals surface area contributed by atoms with Crippen molar-refractivity contribution < 1.29 is 19.4 Å². The Morgan fingerprint density at radius 2 is 1.90 bits per heavy atom. The van der Waals surface area contributed by atoms with Crippen molar-refractivity contribution in [3.05, 3.63) is 54.4 Å². The summed E-state index contributed by atoms with van der Waals surface area (Å²) in [5, 5.41) is 9.28. The van der Waals surface area contributed by atoms with E-state index in [1.807, 2.05) is 6.07 Å². The third kappa shape index (κ3) is 3.26. The summed E-state index contributed by atoms with van der Waals surface area (Å²) in [4.78, 5) is 15.4. The summed E-state index contributed by atoms with van der Waals surface area (Å²) in [7, 11) is 1.54. The van der Waals surface area contributed by atoms with Crippen molar-refractivity contribution in [2.75, 3.05) is 13.7 Å². The molecule has 1 N–H and O–H groups in total. The first-order chi connectivity index (χ1) is 9.72. The lowest BCUT2D eigenvalue weighted by molar-refractivity contribution is -0.139. The van der Waals surface area contributed by atoms with Crippen molar-refractivity contribution in [1.29, 1.82) is 0 Å². The number of aromatic nitrogens is 1. The van der Waals surface area contributed by atoms with Crippen molar-refractivity contribution in [2.45, 2.75) is 5.92 Å².